The lowest BCUT2D eigenvalue weighted by atomic mass is 10.2. The normalized spacial score (nSPS) is 13.8. The van der Waals surface area contributed by atoms with E-state index < -0.39 is 0 Å². The number of alkyl halides is 1. The van der Waals surface area contributed by atoms with E-state index in [4.69, 9.17) is 0 Å². The summed E-state index contributed by atoms with van der Waals surface area (Å²) in [6.45, 7) is 3.70. The van der Waals surface area contributed by atoms with Gasteiger partial charge in [-0.25, -0.2) is 0 Å². The van der Waals surface area contributed by atoms with Crippen LogP contribution in [0.5, 0.6) is 0 Å². The van der Waals surface area contributed by atoms with Crippen molar-refractivity contribution in [2.75, 3.05) is 18.4 Å². The van der Waals surface area contributed by atoms with Crippen molar-refractivity contribution in [2.45, 2.75) is 32.6 Å². The predicted molar refractivity (Wildman–Crippen MR) is 76.3 cm³/mol. The molecule has 1 heterocycles. The Hall–Kier alpha value is -0.350. The van der Waals surface area contributed by atoms with Gasteiger partial charge >= 0.3 is 0 Å². The highest BCUT2D eigenvalue weighted by Gasteiger charge is 2.21. The second kappa shape index (κ2) is 6.01. The Kier molecular flexibility index (Phi) is 4.62. The zero-order valence-corrected chi connectivity index (χ0v) is 12.6. The van der Waals surface area contributed by atoms with Gasteiger partial charge in [0, 0.05) is 23.3 Å². The molecule has 0 N–H and O–H groups in total. The Labute approximate surface area is 115 Å². The number of thiophene rings is 1. The maximum atomic E-state index is 12.3. The summed E-state index contributed by atoms with van der Waals surface area (Å²) in [6.07, 6.45) is 4.61. The Morgan fingerprint density at radius 2 is 2.35 bits per heavy atom. The minimum Gasteiger partial charge on any atom is -0.338 e. The lowest BCUT2D eigenvalue weighted by molar-refractivity contribution is 0.0770. The zero-order chi connectivity index (χ0) is 12.3. The molecule has 1 aliphatic carbocycles. The van der Waals surface area contributed by atoms with Crippen molar-refractivity contribution < 1.29 is 4.79 Å². The molecular formula is C13H18BrNOS. The second-order valence-electron chi connectivity index (χ2n) is 4.34. The molecule has 0 saturated carbocycles. The molecule has 17 heavy (non-hydrogen) atoms. The molecule has 0 unspecified atom stereocenters. The van der Waals surface area contributed by atoms with Crippen molar-refractivity contribution in [2.24, 2.45) is 0 Å². The lowest BCUT2D eigenvalue weighted by Gasteiger charge is -2.19. The van der Waals surface area contributed by atoms with E-state index in [2.05, 4.69) is 22.0 Å². The van der Waals surface area contributed by atoms with Crippen LogP contribution >= 0.6 is 27.3 Å². The lowest BCUT2D eigenvalue weighted by Crippen LogP contribution is -2.31. The van der Waals surface area contributed by atoms with Crippen molar-refractivity contribution >= 4 is 33.2 Å². The highest BCUT2D eigenvalue weighted by atomic mass is 79.9. The number of fused-ring (bicyclic) bond motifs is 1. The van der Waals surface area contributed by atoms with E-state index in [0.717, 1.165) is 36.1 Å². The minimum atomic E-state index is 0.216. The highest BCUT2D eigenvalue weighted by molar-refractivity contribution is 9.09. The molecule has 4 heteroatoms. The first-order valence-electron chi connectivity index (χ1n) is 6.23. The maximum Gasteiger partial charge on any atom is 0.263 e. The minimum absolute atomic E-state index is 0.216. The largest absolute Gasteiger partial charge is 0.338 e. The number of carbonyl (C=O) groups is 1. The van der Waals surface area contributed by atoms with E-state index in [0.29, 0.717) is 0 Å². The van der Waals surface area contributed by atoms with Gasteiger partial charge in [0.2, 0.25) is 0 Å². The number of amides is 1. The summed E-state index contributed by atoms with van der Waals surface area (Å²) in [5.41, 5.74) is 1.41. The molecule has 2 nitrogen and oxygen atoms in total. The van der Waals surface area contributed by atoms with E-state index in [1.54, 1.807) is 11.3 Å². The molecule has 0 atom stereocenters. The highest BCUT2D eigenvalue weighted by Crippen LogP contribution is 2.31. The number of halogens is 1. The van der Waals surface area contributed by atoms with Crippen LogP contribution in [0.4, 0.5) is 0 Å². The van der Waals surface area contributed by atoms with Crippen LogP contribution in [0.2, 0.25) is 0 Å². The molecule has 1 aliphatic rings. The molecule has 2 rings (SSSR count). The van der Waals surface area contributed by atoms with Gasteiger partial charge in [0.15, 0.2) is 0 Å². The molecule has 0 saturated heterocycles. The maximum absolute atomic E-state index is 12.3. The first-order chi connectivity index (χ1) is 8.26. The topological polar surface area (TPSA) is 20.3 Å². The average molecular weight is 316 g/mol. The van der Waals surface area contributed by atoms with Gasteiger partial charge in [-0.15, -0.1) is 11.3 Å². The summed E-state index contributed by atoms with van der Waals surface area (Å²) in [7, 11) is 0. The third kappa shape index (κ3) is 2.91. The monoisotopic (exact) mass is 315 g/mol. The molecule has 0 spiro atoms. The van der Waals surface area contributed by atoms with Crippen LogP contribution in [0.25, 0.3) is 0 Å². The Bertz CT molecular complexity index is 381. The number of rotatable bonds is 5. The van der Waals surface area contributed by atoms with Gasteiger partial charge in [0.25, 0.3) is 5.91 Å². The summed E-state index contributed by atoms with van der Waals surface area (Å²) in [5.74, 6) is 0.216. The van der Waals surface area contributed by atoms with Crippen LogP contribution < -0.4 is 0 Å². The van der Waals surface area contributed by atoms with Crippen molar-refractivity contribution in [1.29, 1.82) is 0 Å². The summed E-state index contributed by atoms with van der Waals surface area (Å²) in [6, 6.07) is 2.12. The number of hydrogen-bond acceptors (Lipinski definition) is 2. The summed E-state index contributed by atoms with van der Waals surface area (Å²) in [4.78, 5) is 16.6. The number of carbonyl (C=O) groups excluding carboxylic acids is 1. The van der Waals surface area contributed by atoms with Crippen molar-refractivity contribution in [3.63, 3.8) is 0 Å². The van der Waals surface area contributed by atoms with E-state index in [-0.39, 0.29) is 5.91 Å². The van der Waals surface area contributed by atoms with Gasteiger partial charge in [-0.3, -0.25) is 4.79 Å². The van der Waals surface area contributed by atoms with Crippen molar-refractivity contribution in [3.8, 4) is 0 Å². The molecule has 1 aromatic heterocycles. The van der Waals surface area contributed by atoms with Crippen LogP contribution in [-0.4, -0.2) is 29.2 Å². The first kappa shape index (κ1) is 13.1. The predicted octanol–water partition coefficient (Wildman–Crippen LogP) is 3.48. The van der Waals surface area contributed by atoms with Gasteiger partial charge in [0.1, 0.15) is 0 Å². The van der Waals surface area contributed by atoms with Gasteiger partial charge < -0.3 is 4.90 Å². The Morgan fingerprint density at radius 1 is 1.53 bits per heavy atom. The van der Waals surface area contributed by atoms with E-state index in [1.165, 1.54) is 23.3 Å². The van der Waals surface area contributed by atoms with Crippen LogP contribution in [0, 0.1) is 0 Å². The summed E-state index contributed by atoms with van der Waals surface area (Å²) < 4.78 is 0. The van der Waals surface area contributed by atoms with E-state index >= 15 is 0 Å². The fourth-order valence-corrected chi connectivity index (χ4v) is 3.72. The van der Waals surface area contributed by atoms with E-state index in [9.17, 15) is 4.79 Å². The summed E-state index contributed by atoms with van der Waals surface area (Å²) >= 11 is 5.12. The number of nitrogens with zero attached hydrogens (tertiary/aromatic N) is 1. The van der Waals surface area contributed by atoms with Gasteiger partial charge in [-0.05, 0) is 44.2 Å². The second-order valence-corrected chi connectivity index (χ2v) is 6.27. The zero-order valence-electron chi connectivity index (χ0n) is 10.2. The third-order valence-electron chi connectivity index (χ3n) is 3.19. The molecule has 1 amide bonds. The third-order valence-corrected chi connectivity index (χ3v) is 4.97. The molecule has 0 aliphatic heterocycles. The molecule has 0 bridgehead atoms. The quantitative estimate of drug-likeness (QED) is 0.762. The molecular weight excluding hydrogens is 298 g/mol. The Balaban J connectivity index is 2.06. The van der Waals surface area contributed by atoms with Crippen molar-refractivity contribution in [1.82, 2.24) is 4.90 Å². The number of aryl methyl sites for hydroxylation is 2. The first-order valence-corrected chi connectivity index (χ1v) is 8.17. The van der Waals surface area contributed by atoms with Crippen LogP contribution in [0.15, 0.2) is 6.07 Å². The average Bonchev–Trinajstić information content (AvgIpc) is 2.89. The number of hydrogen-bond donors (Lipinski definition) is 0. The van der Waals surface area contributed by atoms with E-state index in [1.807, 2.05) is 11.8 Å². The van der Waals surface area contributed by atoms with Gasteiger partial charge in [0.05, 0.1) is 4.88 Å². The van der Waals surface area contributed by atoms with Crippen LogP contribution in [0.3, 0.4) is 0 Å². The van der Waals surface area contributed by atoms with Gasteiger partial charge in [-0.1, -0.05) is 15.9 Å². The molecule has 0 radical (unpaired) electrons. The smallest absolute Gasteiger partial charge is 0.263 e. The van der Waals surface area contributed by atoms with Gasteiger partial charge in [-0.2, -0.15) is 0 Å². The molecule has 0 fully saturated rings. The summed E-state index contributed by atoms with van der Waals surface area (Å²) in [5, 5.41) is 0.956. The standard InChI is InChI=1S/C13H18BrNOS/c1-2-15(8-4-7-14)13(16)12-9-10-5-3-6-11(10)17-12/h9H,2-8H2,1H3. The molecule has 94 valence electrons. The Morgan fingerprint density at radius 3 is 3.00 bits per heavy atom. The van der Waals surface area contributed by atoms with Crippen LogP contribution in [0.1, 0.15) is 39.9 Å². The molecule has 0 aromatic carbocycles. The fourth-order valence-electron chi connectivity index (χ4n) is 2.24. The van der Waals surface area contributed by atoms with Crippen LogP contribution in [-0.2, 0) is 12.8 Å². The van der Waals surface area contributed by atoms with Crippen molar-refractivity contribution in [3.05, 3.63) is 21.4 Å². The SMILES string of the molecule is CCN(CCCBr)C(=O)c1cc2c(s1)CCC2. The molecule has 1 aromatic rings. The fraction of sp³-hybridized carbons (Fsp3) is 0.615.